The first-order chi connectivity index (χ1) is 16.3. The van der Waals surface area contributed by atoms with Gasteiger partial charge in [0.25, 0.3) is 0 Å². The molecule has 0 aromatic heterocycles. The summed E-state index contributed by atoms with van der Waals surface area (Å²) in [7, 11) is 0. The molecule has 2 atom stereocenters. The van der Waals surface area contributed by atoms with Crippen LogP contribution in [0.1, 0.15) is 60.3 Å². The molecule has 0 heterocycles. The van der Waals surface area contributed by atoms with Crippen LogP contribution < -0.4 is 5.32 Å². The van der Waals surface area contributed by atoms with Crippen molar-refractivity contribution in [2.24, 2.45) is 22.2 Å². The molecule has 0 aromatic rings. The number of ether oxygens (including phenoxy) is 4. The van der Waals surface area contributed by atoms with E-state index in [0.717, 1.165) is 31.4 Å². The van der Waals surface area contributed by atoms with Gasteiger partial charge in [-0.15, -0.1) is 0 Å². The maximum atomic E-state index is 12.6. The van der Waals surface area contributed by atoms with E-state index in [9.17, 15) is 19.2 Å². The number of carbonyl (C=O) groups is 4. The largest absolute Gasteiger partial charge is 0.465 e. The zero-order valence-corrected chi connectivity index (χ0v) is 21.8. The average Bonchev–Trinajstić information content (AvgIpc) is 2.83. The summed E-state index contributed by atoms with van der Waals surface area (Å²) in [6, 6.07) is 0. The van der Waals surface area contributed by atoms with E-state index in [1.54, 1.807) is 6.92 Å². The first-order valence-electron chi connectivity index (χ1n) is 12.0. The van der Waals surface area contributed by atoms with E-state index in [4.69, 9.17) is 18.9 Å². The van der Waals surface area contributed by atoms with Crippen LogP contribution >= 0.6 is 0 Å². The molecule has 1 amide bonds. The third-order valence-corrected chi connectivity index (χ3v) is 7.02. The van der Waals surface area contributed by atoms with Crippen molar-refractivity contribution >= 4 is 24.0 Å². The molecule has 2 unspecified atom stereocenters. The number of amides is 1. The quantitative estimate of drug-likeness (QED) is 0.232. The van der Waals surface area contributed by atoms with Crippen molar-refractivity contribution in [1.29, 1.82) is 0 Å². The van der Waals surface area contributed by atoms with Gasteiger partial charge in [0.2, 0.25) is 0 Å². The molecule has 9 heteroatoms. The number of nitrogens with one attached hydrogen (secondary N) is 1. The lowest BCUT2D eigenvalue weighted by Crippen LogP contribution is -2.49. The monoisotopic (exact) mass is 495 g/mol. The molecule has 0 aromatic carbocycles. The minimum absolute atomic E-state index is 0.0356. The molecular formula is C26H41NO8. The summed E-state index contributed by atoms with van der Waals surface area (Å²) in [5.41, 5.74) is -1.39. The summed E-state index contributed by atoms with van der Waals surface area (Å²) in [6.45, 7) is 16.3. The molecule has 0 aliphatic heterocycles. The Balaban J connectivity index is 2.93. The van der Waals surface area contributed by atoms with Crippen molar-refractivity contribution in [2.45, 2.75) is 60.3 Å². The van der Waals surface area contributed by atoms with Gasteiger partial charge in [0.1, 0.15) is 31.8 Å². The topological polar surface area (TPSA) is 117 Å². The van der Waals surface area contributed by atoms with E-state index in [1.807, 2.05) is 0 Å². The van der Waals surface area contributed by atoms with Gasteiger partial charge >= 0.3 is 24.0 Å². The third-order valence-electron chi connectivity index (χ3n) is 7.02. The minimum Gasteiger partial charge on any atom is -0.465 e. The van der Waals surface area contributed by atoms with Crippen LogP contribution in [-0.2, 0) is 33.3 Å². The van der Waals surface area contributed by atoms with Crippen molar-refractivity contribution in [3.05, 3.63) is 25.3 Å². The number of esters is 3. The molecule has 1 aliphatic carbocycles. The van der Waals surface area contributed by atoms with Crippen LogP contribution in [0.5, 0.6) is 0 Å². The molecule has 0 spiro atoms. The van der Waals surface area contributed by atoms with Gasteiger partial charge in [0.05, 0.1) is 0 Å². The molecule has 0 radical (unpaired) electrons. The fraction of sp³-hybridized carbons (Fsp3) is 0.692. The van der Waals surface area contributed by atoms with Gasteiger partial charge in [0.15, 0.2) is 0 Å². The molecule has 9 nitrogen and oxygen atoms in total. The molecule has 35 heavy (non-hydrogen) atoms. The lowest BCUT2D eigenvalue weighted by molar-refractivity contribution is -0.161. The molecule has 1 fully saturated rings. The van der Waals surface area contributed by atoms with Crippen molar-refractivity contribution in [1.82, 2.24) is 5.32 Å². The van der Waals surface area contributed by atoms with Gasteiger partial charge in [-0.05, 0) is 29.6 Å². The number of rotatable bonds is 13. The highest BCUT2D eigenvalue weighted by molar-refractivity contribution is 5.81. The zero-order valence-electron chi connectivity index (χ0n) is 21.8. The van der Waals surface area contributed by atoms with E-state index in [-0.39, 0.29) is 43.7 Å². The Hall–Kier alpha value is -2.84. The summed E-state index contributed by atoms with van der Waals surface area (Å²) in [5, 5.41) is 2.85. The van der Waals surface area contributed by atoms with Crippen LogP contribution in [0.2, 0.25) is 0 Å². The van der Waals surface area contributed by atoms with Crippen LogP contribution in [0.15, 0.2) is 25.3 Å². The molecule has 198 valence electrons. The Morgan fingerprint density at radius 1 is 0.943 bits per heavy atom. The lowest BCUT2D eigenvalue weighted by atomic mass is 9.56. The summed E-state index contributed by atoms with van der Waals surface area (Å²) in [4.78, 5) is 47.8. The Kier molecular flexibility index (Phi) is 11.5. The van der Waals surface area contributed by atoms with Gasteiger partial charge in [-0.25, -0.2) is 14.4 Å². The van der Waals surface area contributed by atoms with E-state index < -0.39 is 29.4 Å². The Bertz CT molecular complexity index is 766. The van der Waals surface area contributed by atoms with E-state index in [0.29, 0.717) is 12.5 Å². The average molecular weight is 496 g/mol. The summed E-state index contributed by atoms with van der Waals surface area (Å²) < 4.78 is 21.0. The maximum absolute atomic E-state index is 12.6. The highest BCUT2D eigenvalue weighted by Gasteiger charge is 2.45. The molecular weight excluding hydrogens is 454 g/mol. The van der Waals surface area contributed by atoms with Crippen LogP contribution in [0.25, 0.3) is 0 Å². The van der Waals surface area contributed by atoms with Gasteiger partial charge < -0.3 is 24.3 Å². The van der Waals surface area contributed by atoms with Crippen molar-refractivity contribution in [3.63, 3.8) is 0 Å². The Labute approximate surface area is 208 Å². The minimum atomic E-state index is -1.32. The van der Waals surface area contributed by atoms with Crippen LogP contribution in [0.4, 0.5) is 4.79 Å². The molecule has 0 saturated heterocycles. The summed E-state index contributed by atoms with van der Waals surface area (Å²) in [5.74, 6) is -1.33. The summed E-state index contributed by atoms with van der Waals surface area (Å²) in [6.07, 6.45) is 4.52. The smallest absolute Gasteiger partial charge is 0.407 e. The van der Waals surface area contributed by atoms with Gasteiger partial charge in [0, 0.05) is 25.1 Å². The molecule has 1 saturated carbocycles. The highest BCUT2D eigenvalue weighted by Crippen LogP contribution is 2.51. The maximum Gasteiger partial charge on any atom is 0.407 e. The van der Waals surface area contributed by atoms with E-state index in [1.165, 1.54) is 0 Å². The van der Waals surface area contributed by atoms with Crippen LogP contribution in [0, 0.1) is 22.2 Å². The fourth-order valence-corrected chi connectivity index (χ4v) is 4.14. The number of carbonyl (C=O) groups excluding carboxylic acids is 4. The second kappa shape index (κ2) is 13.3. The molecule has 1 aliphatic rings. The highest BCUT2D eigenvalue weighted by atomic mass is 16.6. The predicted molar refractivity (Wildman–Crippen MR) is 130 cm³/mol. The number of hydrogen-bond acceptors (Lipinski definition) is 8. The second-order valence-electron chi connectivity index (χ2n) is 10.4. The molecule has 0 bridgehead atoms. The first kappa shape index (κ1) is 30.2. The molecule has 1 N–H and O–H groups in total. The lowest BCUT2D eigenvalue weighted by Gasteiger charge is -2.50. The van der Waals surface area contributed by atoms with Crippen LogP contribution in [0.3, 0.4) is 0 Å². The van der Waals surface area contributed by atoms with Crippen molar-refractivity contribution in [3.8, 4) is 0 Å². The second-order valence-corrected chi connectivity index (χ2v) is 10.4. The third kappa shape index (κ3) is 9.38. The standard InChI is InChI=1S/C26H41NO8/c1-8-20(28)32-15-26(16-33-21(29)9-2,17-34-22(30)10-3)18-35-23(31)27-14-25(7)12-11-19(4)13-24(25,5)6/h8-9,19H,1-2,10-18H2,3-7H3,(H,27,31). The van der Waals surface area contributed by atoms with E-state index >= 15 is 0 Å². The SMILES string of the molecule is C=CC(=O)OCC(COC(=O)C=C)(COC(=O)CC)COC(=O)NCC1(C)CCC(C)CC1(C)C. The van der Waals surface area contributed by atoms with Crippen LogP contribution in [-0.4, -0.2) is 57.0 Å². The Morgan fingerprint density at radius 3 is 1.94 bits per heavy atom. The van der Waals surface area contributed by atoms with Gasteiger partial charge in [-0.2, -0.15) is 0 Å². The Morgan fingerprint density at radius 2 is 1.46 bits per heavy atom. The van der Waals surface area contributed by atoms with Crippen molar-refractivity contribution in [2.75, 3.05) is 33.0 Å². The fourth-order valence-electron chi connectivity index (χ4n) is 4.14. The van der Waals surface area contributed by atoms with Gasteiger partial charge in [-0.3, -0.25) is 4.79 Å². The van der Waals surface area contributed by atoms with Gasteiger partial charge in [-0.1, -0.05) is 54.2 Å². The summed E-state index contributed by atoms with van der Waals surface area (Å²) >= 11 is 0. The van der Waals surface area contributed by atoms with Crippen molar-refractivity contribution < 1.29 is 38.1 Å². The molecule has 1 rings (SSSR count). The first-order valence-corrected chi connectivity index (χ1v) is 12.0. The predicted octanol–water partition coefficient (Wildman–Crippen LogP) is 3.96. The van der Waals surface area contributed by atoms with E-state index in [2.05, 4.69) is 46.2 Å². The normalized spacial score (nSPS) is 21.2. The number of alkyl carbamates (subject to hydrolysis) is 1. The number of hydrogen-bond donors (Lipinski definition) is 1. The zero-order chi connectivity index (χ0) is 26.7.